The minimum atomic E-state index is -0.518. The highest BCUT2D eigenvalue weighted by molar-refractivity contribution is 6.05. The zero-order chi connectivity index (χ0) is 14.0. The molecular weight excluding hydrogens is 244 g/mol. The zero-order valence-corrected chi connectivity index (χ0v) is 10.8. The number of hydrogen-bond acceptors (Lipinski definition) is 3. The Labute approximate surface area is 110 Å². The molecular formula is C13H15N4O2. The molecule has 0 aliphatic carbocycles. The highest BCUT2D eigenvalue weighted by Crippen LogP contribution is 2.19. The number of nitrogens with two attached hydrogens (primary N) is 1. The molecule has 6 nitrogen and oxygen atoms in total. The number of aromatic amines is 1. The molecule has 0 saturated carbocycles. The third-order valence-corrected chi connectivity index (χ3v) is 2.83. The predicted octanol–water partition coefficient (Wildman–Crippen LogP) is 0.497. The van der Waals surface area contributed by atoms with E-state index in [1.807, 2.05) is 6.07 Å². The Kier molecular flexibility index (Phi) is 3.50. The van der Waals surface area contributed by atoms with Crippen LogP contribution in [-0.2, 0) is 11.2 Å². The van der Waals surface area contributed by atoms with E-state index in [4.69, 9.17) is 5.73 Å². The van der Waals surface area contributed by atoms with Crippen molar-refractivity contribution in [2.45, 2.75) is 6.42 Å². The van der Waals surface area contributed by atoms with Crippen molar-refractivity contribution in [3.63, 3.8) is 0 Å². The number of nitrogens with zero attached hydrogens (tertiary/aromatic N) is 2. The van der Waals surface area contributed by atoms with Crippen LogP contribution in [-0.4, -0.2) is 41.0 Å². The third-order valence-electron chi connectivity index (χ3n) is 2.83. The number of primary amides is 1. The van der Waals surface area contributed by atoms with Crippen molar-refractivity contribution in [1.29, 1.82) is 0 Å². The van der Waals surface area contributed by atoms with Crippen molar-refractivity contribution in [2.24, 2.45) is 5.73 Å². The molecule has 0 atom stereocenters. The van der Waals surface area contributed by atoms with Gasteiger partial charge in [-0.3, -0.25) is 14.7 Å². The number of amides is 2. The van der Waals surface area contributed by atoms with E-state index in [9.17, 15) is 9.59 Å². The molecule has 1 radical (unpaired) electrons. The Hall–Kier alpha value is -2.37. The lowest BCUT2D eigenvalue weighted by Gasteiger charge is -2.10. The molecule has 0 unspecified atom stereocenters. The fourth-order valence-electron chi connectivity index (χ4n) is 1.82. The topological polar surface area (TPSA) is 92.1 Å². The number of carbonyl (C=O) groups is 2. The molecule has 99 valence electrons. The molecule has 0 saturated heterocycles. The number of aromatic nitrogens is 2. The Morgan fingerprint density at radius 2 is 2.16 bits per heavy atom. The van der Waals surface area contributed by atoms with Crippen LogP contribution in [0.25, 0.3) is 10.9 Å². The first-order chi connectivity index (χ1) is 8.99. The van der Waals surface area contributed by atoms with Crippen molar-refractivity contribution in [2.75, 3.05) is 14.1 Å². The molecule has 2 aromatic rings. The van der Waals surface area contributed by atoms with Crippen LogP contribution in [0.1, 0.15) is 15.9 Å². The Bertz CT molecular complexity index is 631. The monoisotopic (exact) mass is 259 g/mol. The molecule has 19 heavy (non-hydrogen) atoms. The van der Waals surface area contributed by atoms with Crippen LogP contribution in [0, 0.1) is 6.42 Å². The van der Waals surface area contributed by atoms with Gasteiger partial charge in [0, 0.05) is 19.5 Å². The van der Waals surface area contributed by atoms with Crippen LogP contribution >= 0.6 is 0 Å². The number of fused-ring (bicyclic) bond motifs is 1. The largest absolute Gasteiger partial charge is 0.366 e. The van der Waals surface area contributed by atoms with Gasteiger partial charge in [-0.25, -0.2) is 0 Å². The maximum Gasteiger partial charge on any atom is 0.250 e. The molecule has 2 rings (SSSR count). The van der Waals surface area contributed by atoms with Crippen LogP contribution in [0.3, 0.4) is 0 Å². The number of hydrogen-bond donors (Lipinski definition) is 2. The second-order valence-corrected chi connectivity index (χ2v) is 4.48. The minimum Gasteiger partial charge on any atom is -0.366 e. The quantitative estimate of drug-likeness (QED) is 0.837. The lowest BCUT2D eigenvalue weighted by atomic mass is 10.0. The normalized spacial score (nSPS) is 10.6. The van der Waals surface area contributed by atoms with Crippen molar-refractivity contribution in [3.05, 3.63) is 35.9 Å². The van der Waals surface area contributed by atoms with Crippen LogP contribution in [0.15, 0.2) is 18.3 Å². The first-order valence-corrected chi connectivity index (χ1v) is 5.79. The number of H-pyrrole nitrogens is 1. The van der Waals surface area contributed by atoms with Crippen LogP contribution in [0.2, 0.25) is 0 Å². The standard InChI is InChI=1S/C13H15N4O2/c1-17(2)11(18)4-3-8-5-9-7-15-16-12(9)10(6-8)13(14)19/h4-7H,3H2,1-2H3,(H2,14,19)(H,15,16). The molecule has 6 heteroatoms. The Morgan fingerprint density at radius 1 is 1.42 bits per heavy atom. The number of benzene rings is 1. The van der Waals surface area contributed by atoms with E-state index >= 15 is 0 Å². The van der Waals surface area contributed by atoms with Crippen LogP contribution in [0.4, 0.5) is 0 Å². The van der Waals surface area contributed by atoms with Gasteiger partial charge < -0.3 is 10.6 Å². The average molecular weight is 259 g/mol. The number of rotatable bonds is 4. The van der Waals surface area contributed by atoms with E-state index in [1.54, 1.807) is 32.8 Å². The maximum absolute atomic E-state index is 11.5. The van der Waals surface area contributed by atoms with Gasteiger partial charge in [-0.15, -0.1) is 0 Å². The van der Waals surface area contributed by atoms with Gasteiger partial charge in [0.1, 0.15) is 0 Å². The first kappa shape index (κ1) is 13.1. The molecule has 2 amide bonds. The van der Waals surface area contributed by atoms with E-state index in [1.165, 1.54) is 4.90 Å². The summed E-state index contributed by atoms with van der Waals surface area (Å²) in [7, 11) is 3.37. The molecule has 1 aromatic heterocycles. The summed E-state index contributed by atoms with van der Waals surface area (Å²) < 4.78 is 0. The fraction of sp³-hybridized carbons (Fsp3) is 0.231. The summed E-state index contributed by atoms with van der Waals surface area (Å²) in [6, 6.07) is 3.56. The Balaban J connectivity index is 2.29. The molecule has 3 N–H and O–H groups in total. The van der Waals surface area contributed by atoms with Crippen molar-refractivity contribution < 1.29 is 9.59 Å². The highest BCUT2D eigenvalue weighted by Gasteiger charge is 2.12. The summed E-state index contributed by atoms with van der Waals surface area (Å²) in [5.74, 6) is -0.594. The molecule has 1 heterocycles. The van der Waals surface area contributed by atoms with Crippen LogP contribution < -0.4 is 5.73 Å². The third kappa shape index (κ3) is 2.73. The second-order valence-electron chi connectivity index (χ2n) is 4.48. The lowest BCUT2D eigenvalue weighted by Crippen LogP contribution is -2.22. The zero-order valence-electron chi connectivity index (χ0n) is 10.8. The summed E-state index contributed by atoms with van der Waals surface area (Å²) >= 11 is 0. The molecule has 0 fully saturated rings. The van der Waals surface area contributed by atoms with E-state index < -0.39 is 5.91 Å². The SMILES string of the molecule is CN(C)C(=O)[CH]Cc1cc(C(N)=O)c2[nH]ncc2c1. The summed E-state index contributed by atoms with van der Waals surface area (Å²) in [5, 5.41) is 7.44. The summed E-state index contributed by atoms with van der Waals surface area (Å²) in [4.78, 5) is 24.4. The van der Waals surface area contributed by atoms with Gasteiger partial charge in [0.25, 0.3) is 5.91 Å². The second kappa shape index (κ2) is 5.09. The molecule has 0 aliphatic rings. The minimum absolute atomic E-state index is 0.0760. The lowest BCUT2D eigenvalue weighted by molar-refractivity contribution is -0.125. The average Bonchev–Trinajstić information content (AvgIpc) is 2.82. The van der Waals surface area contributed by atoms with Crippen molar-refractivity contribution in [1.82, 2.24) is 15.1 Å². The number of carbonyl (C=O) groups excluding carboxylic acids is 2. The maximum atomic E-state index is 11.5. The Morgan fingerprint density at radius 3 is 2.79 bits per heavy atom. The molecule has 0 aliphatic heterocycles. The van der Waals surface area contributed by atoms with E-state index in [2.05, 4.69) is 10.2 Å². The van der Waals surface area contributed by atoms with Gasteiger partial charge in [-0.05, 0) is 24.1 Å². The van der Waals surface area contributed by atoms with Gasteiger partial charge >= 0.3 is 0 Å². The number of nitrogens with one attached hydrogen (secondary N) is 1. The molecule has 1 aromatic carbocycles. The van der Waals surface area contributed by atoms with Gasteiger partial charge in [-0.2, -0.15) is 5.10 Å². The van der Waals surface area contributed by atoms with Gasteiger partial charge in [0.05, 0.1) is 23.7 Å². The first-order valence-electron chi connectivity index (χ1n) is 5.79. The predicted molar refractivity (Wildman–Crippen MR) is 71.3 cm³/mol. The molecule has 0 bridgehead atoms. The van der Waals surface area contributed by atoms with Gasteiger partial charge in [0.15, 0.2) is 0 Å². The summed E-state index contributed by atoms with van der Waals surface area (Å²) in [5.41, 5.74) is 7.19. The van der Waals surface area contributed by atoms with Crippen LogP contribution in [0.5, 0.6) is 0 Å². The van der Waals surface area contributed by atoms with E-state index in [0.29, 0.717) is 17.5 Å². The van der Waals surface area contributed by atoms with Gasteiger partial charge in [-0.1, -0.05) is 0 Å². The summed E-state index contributed by atoms with van der Waals surface area (Å²) in [6.07, 6.45) is 3.63. The van der Waals surface area contributed by atoms with Crippen molar-refractivity contribution in [3.8, 4) is 0 Å². The summed E-state index contributed by atoms with van der Waals surface area (Å²) in [6.45, 7) is 0. The molecule has 0 spiro atoms. The fourth-order valence-corrected chi connectivity index (χ4v) is 1.82. The highest BCUT2D eigenvalue weighted by atomic mass is 16.2. The van der Waals surface area contributed by atoms with E-state index in [0.717, 1.165) is 10.9 Å². The smallest absolute Gasteiger partial charge is 0.250 e. The van der Waals surface area contributed by atoms with Gasteiger partial charge in [0.2, 0.25) is 5.91 Å². The van der Waals surface area contributed by atoms with Crippen molar-refractivity contribution >= 4 is 22.7 Å². The van der Waals surface area contributed by atoms with E-state index in [-0.39, 0.29) is 5.91 Å².